The van der Waals surface area contributed by atoms with E-state index < -0.39 is 0 Å². The minimum Gasteiger partial charge on any atom is -0.382 e. The number of anilines is 1. The van der Waals surface area contributed by atoms with Gasteiger partial charge in [-0.1, -0.05) is 19.8 Å². The van der Waals surface area contributed by atoms with Crippen LogP contribution in [0.2, 0.25) is 0 Å². The van der Waals surface area contributed by atoms with Crippen molar-refractivity contribution in [1.29, 1.82) is 0 Å². The monoisotopic (exact) mass is 207 g/mol. The van der Waals surface area contributed by atoms with E-state index in [4.69, 9.17) is 0 Å². The van der Waals surface area contributed by atoms with Crippen LogP contribution in [0.4, 0.5) is 10.1 Å². The highest BCUT2D eigenvalue weighted by Crippen LogP contribution is 2.30. The lowest BCUT2D eigenvalue weighted by atomic mass is 10.0. The first kappa shape index (κ1) is 10.5. The van der Waals surface area contributed by atoms with Gasteiger partial charge in [0.25, 0.3) is 0 Å². The Morgan fingerprint density at radius 3 is 2.67 bits per heavy atom. The Kier molecular flexibility index (Phi) is 3.24. The summed E-state index contributed by atoms with van der Waals surface area (Å²) in [6, 6.07) is 7.25. The summed E-state index contributed by atoms with van der Waals surface area (Å²) in [5, 5.41) is 3.50. The van der Waals surface area contributed by atoms with Gasteiger partial charge in [-0.2, -0.15) is 0 Å². The van der Waals surface area contributed by atoms with Crippen molar-refractivity contribution in [3.63, 3.8) is 0 Å². The van der Waals surface area contributed by atoms with Crippen molar-refractivity contribution < 1.29 is 4.39 Å². The lowest BCUT2D eigenvalue weighted by molar-refractivity contribution is 0.489. The molecule has 15 heavy (non-hydrogen) atoms. The molecule has 82 valence electrons. The summed E-state index contributed by atoms with van der Waals surface area (Å²) in [6.07, 6.45) is 5.13. The molecule has 0 bridgehead atoms. The second-order valence-electron chi connectivity index (χ2n) is 4.36. The summed E-state index contributed by atoms with van der Waals surface area (Å²) in [5.74, 6) is 0.620. The zero-order valence-corrected chi connectivity index (χ0v) is 9.17. The predicted molar refractivity (Wildman–Crippen MR) is 61.4 cm³/mol. The Hall–Kier alpha value is -1.05. The van der Waals surface area contributed by atoms with Crippen molar-refractivity contribution in [2.24, 2.45) is 5.92 Å². The number of nitrogens with one attached hydrogen (secondary N) is 1. The third-order valence-corrected chi connectivity index (χ3v) is 3.38. The molecule has 0 aliphatic heterocycles. The molecule has 0 spiro atoms. The van der Waals surface area contributed by atoms with Crippen LogP contribution in [0.5, 0.6) is 0 Å². The maximum Gasteiger partial charge on any atom is 0.123 e. The van der Waals surface area contributed by atoms with Gasteiger partial charge in [-0.3, -0.25) is 0 Å². The van der Waals surface area contributed by atoms with Crippen molar-refractivity contribution >= 4 is 5.69 Å². The molecule has 1 aromatic carbocycles. The summed E-state index contributed by atoms with van der Waals surface area (Å²) in [7, 11) is 0. The fourth-order valence-electron chi connectivity index (χ4n) is 2.48. The molecule has 2 unspecified atom stereocenters. The first-order valence-corrected chi connectivity index (χ1v) is 5.81. The largest absolute Gasteiger partial charge is 0.382 e. The van der Waals surface area contributed by atoms with Crippen LogP contribution in [-0.4, -0.2) is 6.04 Å². The average molecular weight is 207 g/mol. The standard InChI is InChI=1S/C13H18FN/c1-2-10-4-3-5-13(10)15-12-8-6-11(14)7-9-12/h6-10,13,15H,2-5H2,1H3. The molecule has 1 saturated carbocycles. The molecule has 1 aliphatic carbocycles. The molecule has 2 heteroatoms. The van der Waals surface area contributed by atoms with Gasteiger partial charge in [0, 0.05) is 11.7 Å². The number of hydrogen-bond acceptors (Lipinski definition) is 1. The molecule has 1 nitrogen and oxygen atoms in total. The van der Waals surface area contributed by atoms with Gasteiger partial charge in [-0.25, -0.2) is 4.39 Å². The predicted octanol–water partition coefficient (Wildman–Crippen LogP) is 3.82. The van der Waals surface area contributed by atoms with E-state index in [0.29, 0.717) is 6.04 Å². The lowest BCUT2D eigenvalue weighted by Crippen LogP contribution is -2.23. The highest BCUT2D eigenvalue weighted by Gasteiger charge is 2.25. The van der Waals surface area contributed by atoms with Crippen LogP contribution < -0.4 is 5.32 Å². The zero-order chi connectivity index (χ0) is 10.7. The number of rotatable bonds is 3. The molecular weight excluding hydrogens is 189 g/mol. The SMILES string of the molecule is CCC1CCCC1Nc1ccc(F)cc1. The molecule has 0 radical (unpaired) electrons. The van der Waals surface area contributed by atoms with E-state index in [0.717, 1.165) is 11.6 Å². The normalized spacial score (nSPS) is 25.5. The first-order valence-electron chi connectivity index (χ1n) is 5.81. The fourth-order valence-corrected chi connectivity index (χ4v) is 2.48. The molecule has 0 aromatic heterocycles. The summed E-state index contributed by atoms with van der Waals surface area (Å²) in [6.45, 7) is 2.25. The van der Waals surface area contributed by atoms with Crippen LogP contribution in [0.1, 0.15) is 32.6 Å². The Balaban J connectivity index is 1.99. The van der Waals surface area contributed by atoms with E-state index in [1.165, 1.54) is 37.8 Å². The van der Waals surface area contributed by atoms with Crippen LogP contribution in [0.15, 0.2) is 24.3 Å². The summed E-state index contributed by atoms with van der Waals surface area (Å²) < 4.78 is 12.7. The highest BCUT2D eigenvalue weighted by molar-refractivity contribution is 5.44. The van der Waals surface area contributed by atoms with Gasteiger partial charge in [-0.05, 0) is 43.0 Å². The molecule has 1 N–H and O–H groups in total. The highest BCUT2D eigenvalue weighted by atomic mass is 19.1. The smallest absolute Gasteiger partial charge is 0.123 e. The maximum absolute atomic E-state index is 12.7. The molecular formula is C13H18FN. The van der Waals surface area contributed by atoms with Crippen molar-refractivity contribution in [2.45, 2.75) is 38.6 Å². The van der Waals surface area contributed by atoms with E-state index in [-0.39, 0.29) is 5.82 Å². The second kappa shape index (κ2) is 4.65. The molecule has 0 heterocycles. The molecule has 2 rings (SSSR count). The van der Waals surface area contributed by atoms with E-state index >= 15 is 0 Å². The Labute approximate surface area is 90.7 Å². The molecule has 1 aromatic rings. The average Bonchev–Trinajstić information content (AvgIpc) is 2.69. The van der Waals surface area contributed by atoms with Gasteiger partial charge in [-0.15, -0.1) is 0 Å². The molecule has 2 atom stereocenters. The second-order valence-corrected chi connectivity index (χ2v) is 4.36. The van der Waals surface area contributed by atoms with Crippen LogP contribution in [-0.2, 0) is 0 Å². The van der Waals surface area contributed by atoms with Crippen molar-refractivity contribution in [1.82, 2.24) is 0 Å². The maximum atomic E-state index is 12.7. The van der Waals surface area contributed by atoms with Gasteiger partial charge in [0.2, 0.25) is 0 Å². The van der Waals surface area contributed by atoms with E-state index in [1.807, 2.05) is 12.1 Å². The van der Waals surface area contributed by atoms with Crippen LogP contribution in [0.25, 0.3) is 0 Å². The summed E-state index contributed by atoms with van der Waals surface area (Å²) in [5.41, 5.74) is 1.04. The minimum atomic E-state index is -0.168. The van der Waals surface area contributed by atoms with E-state index in [9.17, 15) is 4.39 Å². The fraction of sp³-hybridized carbons (Fsp3) is 0.538. The molecule has 0 amide bonds. The Morgan fingerprint density at radius 1 is 1.27 bits per heavy atom. The van der Waals surface area contributed by atoms with Gasteiger partial charge >= 0.3 is 0 Å². The molecule has 1 aliphatic rings. The summed E-state index contributed by atoms with van der Waals surface area (Å²) >= 11 is 0. The molecule has 1 fully saturated rings. The third kappa shape index (κ3) is 2.49. The summed E-state index contributed by atoms with van der Waals surface area (Å²) in [4.78, 5) is 0. The van der Waals surface area contributed by atoms with Gasteiger partial charge in [0.15, 0.2) is 0 Å². The Bertz CT molecular complexity index is 307. The van der Waals surface area contributed by atoms with Gasteiger partial charge in [0.05, 0.1) is 0 Å². The quantitative estimate of drug-likeness (QED) is 0.794. The van der Waals surface area contributed by atoms with Gasteiger partial charge < -0.3 is 5.32 Å². The number of hydrogen-bond donors (Lipinski definition) is 1. The van der Waals surface area contributed by atoms with Gasteiger partial charge in [0.1, 0.15) is 5.82 Å². The zero-order valence-electron chi connectivity index (χ0n) is 9.17. The Morgan fingerprint density at radius 2 is 2.00 bits per heavy atom. The number of benzene rings is 1. The number of halogens is 1. The molecule has 0 saturated heterocycles. The topological polar surface area (TPSA) is 12.0 Å². The first-order chi connectivity index (χ1) is 7.29. The van der Waals surface area contributed by atoms with Crippen molar-refractivity contribution in [3.05, 3.63) is 30.1 Å². The van der Waals surface area contributed by atoms with Crippen LogP contribution >= 0.6 is 0 Å². The van der Waals surface area contributed by atoms with E-state index in [2.05, 4.69) is 12.2 Å². The van der Waals surface area contributed by atoms with Crippen molar-refractivity contribution in [3.8, 4) is 0 Å². The van der Waals surface area contributed by atoms with E-state index in [1.54, 1.807) is 0 Å². The minimum absolute atomic E-state index is 0.168. The third-order valence-electron chi connectivity index (χ3n) is 3.38. The lowest BCUT2D eigenvalue weighted by Gasteiger charge is -2.20. The van der Waals surface area contributed by atoms with Crippen molar-refractivity contribution in [2.75, 3.05) is 5.32 Å². The van der Waals surface area contributed by atoms with Crippen LogP contribution in [0, 0.1) is 11.7 Å². The van der Waals surface area contributed by atoms with Crippen LogP contribution in [0.3, 0.4) is 0 Å².